The molecule has 3 heterocycles. The van der Waals surface area contributed by atoms with Crippen LogP contribution in [0.25, 0.3) is 0 Å². The van der Waals surface area contributed by atoms with Crippen LogP contribution in [0.3, 0.4) is 0 Å². The number of aromatic nitrogens is 1. The zero-order chi connectivity index (χ0) is 21.2. The summed E-state index contributed by atoms with van der Waals surface area (Å²) in [6.45, 7) is 7.51. The molecule has 0 aliphatic carbocycles. The molecule has 1 atom stereocenters. The zero-order valence-corrected chi connectivity index (χ0v) is 17.9. The van der Waals surface area contributed by atoms with Gasteiger partial charge < -0.3 is 4.74 Å². The number of nitrogens with zero attached hydrogens (tertiary/aromatic N) is 2. The quantitative estimate of drug-likeness (QED) is 0.658. The van der Waals surface area contributed by atoms with E-state index < -0.39 is 5.41 Å². The molecule has 1 aromatic heterocycles. The number of carbonyl (C=O) groups excluding carboxylic acids is 1. The van der Waals surface area contributed by atoms with Gasteiger partial charge in [0.05, 0.1) is 5.60 Å². The second-order valence-electron chi connectivity index (χ2n) is 9.41. The molecule has 2 fully saturated rings. The van der Waals surface area contributed by atoms with Gasteiger partial charge in [0.1, 0.15) is 11.5 Å². The molecule has 4 rings (SSSR count). The number of ketones is 1. The van der Waals surface area contributed by atoms with Crippen molar-refractivity contribution >= 4 is 5.78 Å². The topological polar surface area (TPSA) is 42.4 Å². The van der Waals surface area contributed by atoms with Crippen LogP contribution in [-0.4, -0.2) is 41.0 Å². The second kappa shape index (κ2) is 8.56. The van der Waals surface area contributed by atoms with E-state index in [2.05, 4.69) is 23.7 Å². The molecule has 2 aromatic rings. The van der Waals surface area contributed by atoms with Crippen LogP contribution in [0, 0.1) is 17.2 Å². The largest absolute Gasteiger partial charge is 0.376 e. The van der Waals surface area contributed by atoms with E-state index in [1.54, 1.807) is 6.20 Å². The minimum Gasteiger partial charge on any atom is -0.376 e. The summed E-state index contributed by atoms with van der Waals surface area (Å²) in [5.41, 5.74) is 0.969. The van der Waals surface area contributed by atoms with Gasteiger partial charge in [-0.1, -0.05) is 18.2 Å². The standard InChI is InChI=1S/C25H31FN2O2/c1-24(2)18-25(12-16-30-24,23(29)22-5-3-4-13-27-22)20-10-14-28(15-11-20)17-19-6-8-21(26)9-7-19/h3-9,13,20H,10-12,14-18H2,1-2H3. The first kappa shape index (κ1) is 21.1. The number of pyridine rings is 1. The third kappa shape index (κ3) is 4.47. The Kier molecular flexibility index (Phi) is 6.03. The molecule has 0 amide bonds. The number of rotatable bonds is 5. The van der Waals surface area contributed by atoms with Gasteiger partial charge >= 0.3 is 0 Å². The summed E-state index contributed by atoms with van der Waals surface area (Å²) in [4.78, 5) is 20.5. The molecular formula is C25H31FN2O2. The van der Waals surface area contributed by atoms with E-state index in [9.17, 15) is 9.18 Å². The number of Topliss-reactive ketones (excluding diaryl/α,β-unsaturated/α-hetero) is 1. The van der Waals surface area contributed by atoms with Crippen LogP contribution in [0.1, 0.15) is 55.6 Å². The minimum absolute atomic E-state index is 0.177. The van der Waals surface area contributed by atoms with Crippen molar-refractivity contribution in [2.24, 2.45) is 11.3 Å². The third-order valence-corrected chi connectivity index (χ3v) is 6.82. The first-order chi connectivity index (χ1) is 14.4. The average molecular weight is 411 g/mol. The van der Waals surface area contributed by atoms with Crippen LogP contribution < -0.4 is 0 Å². The number of hydrogen-bond acceptors (Lipinski definition) is 4. The third-order valence-electron chi connectivity index (χ3n) is 6.82. The molecule has 0 spiro atoms. The van der Waals surface area contributed by atoms with Gasteiger partial charge in [0.15, 0.2) is 5.78 Å². The Hall–Kier alpha value is -2.11. The molecule has 0 radical (unpaired) electrons. The Morgan fingerprint density at radius 2 is 1.90 bits per heavy atom. The first-order valence-corrected chi connectivity index (χ1v) is 10.9. The van der Waals surface area contributed by atoms with Crippen molar-refractivity contribution in [1.82, 2.24) is 9.88 Å². The van der Waals surface area contributed by atoms with Crippen molar-refractivity contribution < 1.29 is 13.9 Å². The highest BCUT2D eigenvalue weighted by Gasteiger charge is 2.52. The molecule has 1 aromatic carbocycles. The molecule has 5 heteroatoms. The normalized spacial score (nSPS) is 25.2. The Morgan fingerprint density at radius 3 is 2.53 bits per heavy atom. The molecule has 4 nitrogen and oxygen atoms in total. The van der Waals surface area contributed by atoms with Crippen molar-refractivity contribution in [3.8, 4) is 0 Å². The molecule has 0 bridgehead atoms. The van der Waals surface area contributed by atoms with E-state index in [0.29, 0.717) is 18.2 Å². The molecule has 0 N–H and O–H groups in total. The lowest BCUT2D eigenvalue weighted by molar-refractivity contribution is -0.113. The van der Waals surface area contributed by atoms with Crippen molar-refractivity contribution in [2.75, 3.05) is 19.7 Å². The van der Waals surface area contributed by atoms with Gasteiger partial charge in [0, 0.05) is 24.8 Å². The number of benzene rings is 1. The van der Waals surface area contributed by atoms with Gasteiger partial charge in [-0.25, -0.2) is 4.39 Å². The fourth-order valence-corrected chi connectivity index (χ4v) is 5.38. The van der Waals surface area contributed by atoms with E-state index >= 15 is 0 Å². The van der Waals surface area contributed by atoms with Crippen LogP contribution in [-0.2, 0) is 11.3 Å². The highest BCUT2D eigenvalue weighted by Crippen LogP contribution is 2.49. The first-order valence-electron chi connectivity index (χ1n) is 10.9. The van der Waals surface area contributed by atoms with Crippen molar-refractivity contribution in [1.29, 1.82) is 0 Å². The number of ether oxygens (including phenoxy) is 1. The summed E-state index contributed by atoms with van der Waals surface area (Å²) in [5.74, 6) is 0.297. The fraction of sp³-hybridized carbons (Fsp3) is 0.520. The van der Waals surface area contributed by atoms with Gasteiger partial charge in [0.25, 0.3) is 0 Å². The van der Waals surface area contributed by atoms with E-state index in [4.69, 9.17) is 4.74 Å². The van der Waals surface area contributed by atoms with Gasteiger partial charge in [-0.3, -0.25) is 14.7 Å². The summed E-state index contributed by atoms with van der Waals surface area (Å²) in [7, 11) is 0. The average Bonchev–Trinajstić information content (AvgIpc) is 2.75. The molecular weight excluding hydrogens is 379 g/mol. The van der Waals surface area contributed by atoms with Crippen LogP contribution in [0.15, 0.2) is 48.7 Å². The molecule has 2 aliphatic heterocycles. The summed E-state index contributed by atoms with van der Waals surface area (Å²) in [6, 6.07) is 12.3. The molecule has 1 unspecified atom stereocenters. The predicted octanol–water partition coefficient (Wildman–Crippen LogP) is 4.89. The second-order valence-corrected chi connectivity index (χ2v) is 9.41. The van der Waals surface area contributed by atoms with Crippen molar-refractivity contribution in [3.05, 3.63) is 65.7 Å². The van der Waals surface area contributed by atoms with Crippen LogP contribution in [0.2, 0.25) is 0 Å². The molecule has 160 valence electrons. The van der Waals surface area contributed by atoms with E-state index in [-0.39, 0.29) is 17.2 Å². The lowest BCUT2D eigenvalue weighted by atomic mass is 9.60. The molecule has 2 saturated heterocycles. The van der Waals surface area contributed by atoms with Gasteiger partial charge in [-0.05, 0) is 88.4 Å². The maximum atomic E-state index is 13.7. The Labute approximate surface area is 178 Å². The number of carbonyl (C=O) groups is 1. The van der Waals surface area contributed by atoms with E-state index in [0.717, 1.165) is 50.9 Å². The van der Waals surface area contributed by atoms with E-state index in [1.807, 2.05) is 30.3 Å². The Balaban J connectivity index is 1.51. The van der Waals surface area contributed by atoms with E-state index in [1.165, 1.54) is 12.1 Å². The van der Waals surface area contributed by atoms with Crippen LogP contribution in [0.5, 0.6) is 0 Å². The summed E-state index contributed by atoms with van der Waals surface area (Å²) < 4.78 is 19.2. The summed E-state index contributed by atoms with van der Waals surface area (Å²) in [6.07, 6.45) is 5.16. The number of piperidine rings is 1. The van der Waals surface area contributed by atoms with Crippen LogP contribution in [0.4, 0.5) is 4.39 Å². The number of hydrogen-bond donors (Lipinski definition) is 0. The Morgan fingerprint density at radius 1 is 1.17 bits per heavy atom. The molecule has 0 saturated carbocycles. The number of likely N-dealkylation sites (tertiary alicyclic amines) is 1. The smallest absolute Gasteiger partial charge is 0.187 e. The summed E-state index contributed by atoms with van der Waals surface area (Å²) in [5, 5.41) is 0. The Bertz CT molecular complexity index is 860. The predicted molar refractivity (Wildman–Crippen MR) is 115 cm³/mol. The van der Waals surface area contributed by atoms with Crippen molar-refractivity contribution in [2.45, 2.75) is 51.7 Å². The highest BCUT2D eigenvalue weighted by molar-refractivity contribution is 5.99. The fourth-order valence-electron chi connectivity index (χ4n) is 5.38. The maximum absolute atomic E-state index is 13.7. The minimum atomic E-state index is -0.419. The lowest BCUT2D eigenvalue weighted by Crippen LogP contribution is -2.52. The van der Waals surface area contributed by atoms with Crippen LogP contribution >= 0.6 is 0 Å². The summed E-state index contributed by atoms with van der Waals surface area (Å²) >= 11 is 0. The highest BCUT2D eigenvalue weighted by atomic mass is 19.1. The monoisotopic (exact) mass is 410 g/mol. The van der Waals surface area contributed by atoms with Crippen molar-refractivity contribution in [3.63, 3.8) is 0 Å². The van der Waals surface area contributed by atoms with Gasteiger partial charge in [-0.15, -0.1) is 0 Å². The zero-order valence-electron chi connectivity index (χ0n) is 17.9. The van der Waals surface area contributed by atoms with Gasteiger partial charge in [-0.2, -0.15) is 0 Å². The maximum Gasteiger partial charge on any atom is 0.187 e. The molecule has 30 heavy (non-hydrogen) atoms. The van der Waals surface area contributed by atoms with Gasteiger partial charge in [0.2, 0.25) is 0 Å². The molecule has 2 aliphatic rings. The SMILES string of the molecule is CC1(C)CC(C(=O)c2ccccn2)(C2CCN(Cc3ccc(F)cc3)CC2)CCO1. The lowest BCUT2D eigenvalue weighted by Gasteiger charge is -2.50. The number of halogens is 1.